The standard InChI is InChI=1S/C23H23F2N3O3/c1-13(14-4-6-19(7-5-14)27-22(30)15-2-3-15)26-23(31)16-8-21(29)28(12-16)20-10-17(24)9-18(25)11-20/h4-7,9-11,13,15-16H,2-3,8,12H2,1H3,(H,26,31)(H,27,30). The zero-order chi connectivity index (χ0) is 22.1. The van der Waals surface area contributed by atoms with Gasteiger partial charge in [0.1, 0.15) is 11.6 Å². The molecule has 2 atom stereocenters. The molecule has 31 heavy (non-hydrogen) atoms. The topological polar surface area (TPSA) is 78.5 Å². The second-order valence-electron chi connectivity index (χ2n) is 8.15. The predicted molar refractivity (Wildman–Crippen MR) is 111 cm³/mol. The largest absolute Gasteiger partial charge is 0.349 e. The van der Waals surface area contributed by atoms with E-state index in [9.17, 15) is 23.2 Å². The molecule has 1 saturated heterocycles. The highest BCUT2D eigenvalue weighted by Gasteiger charge is 2.36. The molecule has 8 heteroatoms. The molecule has 2 unspecified atom stereocenters. The van der Waals surface area contributed by atoms with Gasteiger partial charge in [0.05, 0.1) is 12.0 Å². The molecule has 0 aromatic heterocycles. The van der Waals surface area contributed by atoms with Gasteiger partial charge in [0, 0.05) is 36.3 Å². The number of rotatable bonds is 6. The maximum atomic E-state index is 13.5. The van der Waals surface area contributed by atoms with Gasteiger partial charge in [-0.2, -0.15) is 0 Å². The smallest absolute Gasteiger partial charge is 0.227 e. The van der Waals surface area contributed by atoms with E-state index >= 15 is 0 Å². The molecule has 2 aromatic rings. The minimum absolute atomic E-state index is 0.0250. The van der Waals surface area contributed by atoms with E-state index in [1.54, 1.807) is 12.1 Å². The fraction of sp³-hybridized carbons (Fsp3) is 0.348. The van der Waals surface area contributed by atoms with Gasteiger partial charge in [-0.3, -0.25) is 14.4 Å². The van der Waals surface area contributed by atoms with Gasteiger partial charge in [0.2, 0.25) is 17.7 Å². The number of anilines is 2. The van der Waals surface area contributed by atoms with E-state index in [1.165, 1.54) is 4.90 Å². The average molecular weight is 427 g/mol. The Bertz CT molecular complexity index is 1000. The molecule has 1 aliphatic carbocycles. The van der Waals surface area contributed by atoms with E-state index in [2.05, 4.69) is 10.6 Å². The van der Waals surface area contributed by atoms with Crippen molar-refractivity contribution >= 4 is 29.1 Å². The van der Waals surface area contributed by atoms with Crippen LogP contribution in [-0.2, 0) is 14.4 Å². The molecule has 0 bridgehead atoms. The Labute approximate surface area is 178 Å². The van der Waals surface area contributed by atoms with Crippen LogP contribution in [0, 0.1) is 23.5 Å². The van der Waals surface area contributed by atoms with Crippen LogP contribution in [0.2, 0.25) is 0 Å². The lowest BCUT2D eigenvalue weighted by atomic mass is 10.0. The van der Waals surface area contributed by atoms with Crippen molar-refractivity contribution in [3.05, 3.63) is 59.7 Å². The summed E-state index contributed by atoms with van der Waals surface area (Å²) in [5.74, 6) is -2.67. The van der Waals surface area contributed by atoms with Gasteiger partial charge in [-0.15, -0.1) is 0 Å². The van der Waals surface area contributed by atoms with Gasteiger partial charge in [0.25, 0.3) is 0 Å². The Kier molecular flexibility index (Phi) is 5.71. The summed E-state index contributed by atoms with van der Waals surface area (Å²) in [5.41, 5.74) is 1.67. The Morgan fingerprint density at radius 1 is 1.00 bits per heavy atom. The fourth-order valence-electron chi connectivity index (χ4n) is 3.69. The second kappa shape index (κ2) is 8.45. The second-order valence-corrected chi connectivity index (χ2v) is 8.15. The third kappa shape index (κ3) is 4.90. The molecule has 1 saturated carbocycles. The number of halogens is 2. The lowest BCUT2D eigenvalue weighted by Crippen LogP contribution is -2.34. The summed E-state index contributed by atoms with van der Waals surface area (Å²) in [6.07, 6.45) is 1.84. The zero-order valence-electron chi connectivity index (χ0n) is 17.0. The summed E-state index contributed by atoms with van der Waals surface area (Å²) < 4.78 is 27.0. The highest BCUT2D eigenvalue weighted by atomic mass is 19.1. The lowest BCUT2D eigenvalue weighted by Gasteiger charge is -2.19. The molecule has 2 aliphatic rings. The summed E-state index contributed by atoms with van der Waals surface area (Å²) in [6, 6.07) is 9.81. The quantitative estimate of drug-likeness (QED) is 0.740. The van der Waals surface area contributed by atoms with Gasteiger partial charge in [0.15, 0.2) is 0 Å². The molecule has 2 aromatic carbocycles. The minimum Gasteiger partial charge on any atom is -0.349 e. The number of carbonyl (C=O) groups is 3. The third-order valence-corrected chi connectivity index (χ3v) is 5.64. The fourth-order valence-corrected chi connectivity index (χ4v) is 3.69. The van der Waals surface area contributed by atoms with E-state index in [1.807, 2.05) is 19.1 Å². The van der Waals surface area contributed by atoms with Crippen molar-refractivity contribution in [2.45, 2.75) is 32.2 Å². The Morgan fingerprint density at radius 3 is 2.26 bits per heavy atom. The molecular weight excluding hydrogens is 404 g/mol. The maximum absolute atomic E-state index is 13.5. The summed E-state index contributed by atoms with van der Waals surface area (Å²) in [6.45, 7) is 1.89. The number of benzene rings is 2. The van der Waals surface area contributed by atoms with E-state index < -0.39 is 17.6 Å². The van der Waals surface area contributed by atoms with Gasteiger partial charge in [-0.25, -0.2) is 8.78 Å². The van der Waals surface area contributed by atoms with Gasteiger partial charge < -0.3 is 15.5 Å². The molecule has 2 N–H and O–H groups in total. The molecule has 2 fully saturated rings. The number of nitrogens with one attached hydrogen (secondary N) is 2. The van der Waals surface area contributed by atoms with Crippen LogP contribution in [-0.4, -0.2) is 24.3 Å². The van der Waals surface area contributed by atoms with Crippen LogP contribution < -0.4 is 15.5 Å². The van der Waals surface area contributed by atoms with Gasteiger partial charge >= 0.3 is 0 Å². The first-order valence-corrected chi connectivity index (χ1v) is 10.3. The molecule has 1 heterocycles. The molecule has 0 spiro atoms. The summed E-state index contributed by atoms with van der Waals surface area (Å²) >= 11 is 0. The molecule has 6 nitrogen and oxygen atoms in total. The van der Waals surface area contributed by atoms with E-state index in [-0.39, 0.29) is 48.3 Å². The highest BCUT2D eigenvalue weighted by Crippen LogP contribution is 2.30. The predicted octanol–water partition coefficient (Wildman–Crippen LogP) is 3.54. The summed E-state index contributed by atoms with van der Waals surface area (Å²) in [4.78, 5) is 38.1. The SMILES string of the molecule is CC(NC(=O)C1CC(=O)N(c2cc(F)cc(F)c2)C1)c1ccc(NC(=O)C2CC2)cc1. The van der Waals surface area contributed by atoms with E-state index in [4.69, 9.17) is 0 Å². The molecule has 4 rings (SSSR count). The van der Waals surface area contributed by atoms with E-state index in [0.29, 0.717) is 5.69 Å². The van der Waals surface area contributed by atoms with Gasteiger partial charge in [-0.05, 0) is 49.6 Å². The first-order valence-electron chi connectivity index (χ1n) is 10.3. The lowest BCUT2D eigenvalue weighted by molar-refractivity contribution is -0.126. The van der Waals surface area contributed by atoms with Gasteiger partial charge in [-0.1, -0.05) is 12.1 Å². The number of hydrogen-bond acceptors (Lipinski definition) is 3. The summed E-state index contributed by atoms with van der Waals surface area (Å²) in [7, 11) is 0. The van der Waals surface area contributed by atoms with Crippen LogP contribution in [0.15, 0.2) is 42.5 Å². The minimum atomic E-state index is -0.777. The normalized spacial score (nSPS) is 19.3. The third-order valence-electron chi connectivity index (χ3n) is 5.64. The van der Waals surface area contributed by atoms with Crippen molar-refractivity contribution in [3.8, 4) is 0 Å². The van der Waals surface area contributed by atoms with Crippen molar-refractivity contribution < 1.29 is 23.2 Å². The number of carbonyl (C=O) groups excluding carboxylic acids is 3. The van der Waals surface area contributed by atoms with Crippen LogP contribution in [0.1, 0.15) is 37.8 Å². The number of hydrogen-bond donors (Lipinski definition) is 2. The average Bonchev–Trinajstić information content (AvgIpc) is 3.49. The van der Waals surface area contributed by atoms with E-state index in [0.717, 1.165) is 36.6 Å². The van der Waals surface area contributed by atoms with Crippen molar-refractivity contribution in [2.24, 2.45) is 11.8 Å². The van der Waals surface area contributed by atoms with Crippen LogP contribution in [0.3, 0.4) is 0 Å². The first kappa shape index (κ1) is 21.0. The Morgan fingerprint density at radius 2 is 1.65 bits per heavy atom. The summed E-state index contributed by atoms with van der Waals surface area (Å²) in [5, 5.41) is 5.75. The highest BCUT2D eigenvalue weighted by molar-refractivity contribution is 6.00. The van der Waals surface area contributed by atoms with Crippen LogP contribution in [0.25, 0.3) is 0 Å². The molecule has 1 aliphatic heterocycles. The van der Waals surface area contributed by atoms with Crippen LogP contribution in [0.4, 0.5) is 20.2 Å². The molecule has 162 valence electrons. The van der Waals surface area contributed by atoms with Crippen LogP contribution in [0.5, 0.6) is 0 Å². The Hall–Kier alpha value is -3.29. The monoisotopic (exact) mass is 427 g/mol. The first-order chi connectivity index (χ1) is 14.8. The molecular formula is C23H23F2N3O3. The number of nitrogens with zero attached hydrogens (tertiary/aromatic N) is 1. The van der Waals surface area contributed by atoms with Crippen molar-refractivity contribution in [2.75, 3.05) is 16.8 Å². The van der Waals surface area contributed by atoms with Crippen LogP contribution >= 0.6 is 0 Å². The zero-order valence-corrected chi connectivity index (χ0v) is 17.0. The maximum Gasteiger partial charge on any atom is 0.227 e. The van der Waals surface area contributed by atoms with Crippen molar-refractivity contribution in [1.82, 2.24) is 5.32 Å². The molecule has 0 radical (unpaired) electrons. The molecule has 3 amide bonds. The van der Waals surface area contributed by atoms with Crippen molar-refractivity contribution in [1.29, 1.82) is 0 Å². The number of amides is 3. The van der Waals surface area contributed by atoms with Crippen molar-refractivity contribution in [3.63, 3.8) is 0 Å². The Balaban J connectivity index is 1.35.